The van der Waals surface area contributed by atoms with Crippen LogP contribution in [0.2, 0.25) is 0 Å². The van der Waals surface area contributed by atoms with Gasteiger partial charge in [-0.15, -0.1) is 0 Å². The largest absolute Gasteiger partial charge is 0.388 e. The second kappa shape index (κ2) is 5.22. The van der Waals surface area contributed by atoms with Gasteiger partial charge in [-0.3, -0.25) is 4.68 Å². The van der Waals surface area contributed by atoms with Gasteiger partial charge in [0.05, 0.1) is 17.5 Å². The Hall–Kier alpha value is -1.82. The zero-order chi connectivity index (χ0) is 13.1. The standard InChI is InChI=1S/C12H17N5O/c1-4-17-12(13-7-14-17)6-11(18)10-5-8(2)15-16-9(10)3/h5,7,11,18H,4,6H2,1-3H3. The highest BCUT2D eigenvalue weighted by Gasteiger charge is 2.16. The zero-order valence-electron chi connectivity index (χ0n) is 10.8. The fourth-order valence-corrected chi connectivity index (χ4v) is 1.90. The number of hydrogen-bond donors (Lipinski definition) is 1. The van der Waals surface area contributed by atoms with Gasteiger partial charge in [0, 0.05) is 18.5 Å². The summed E-state index contributed by atoms with van der Waals surface area (Å²) in [5, 5.41) is 22.3. The summed E-state index contributed by atoms with van der Waals surface area (Å²) in [7, 11) is 0. The molecule has 0 aliphatic carbocycles. The summed E-state index contributed by atoms with van der Waals surface area (Å²) in [6.45, 7) is 6.44. The molecule has 0 aliphatic rings. The van der Waals surface area contributed by atoms with Crippen LogP contribution < -0.4 is 0 Å². The lowest BCUT2D eigenvalue weighted by molar-refractivity contribution is 0.172. The van der Waals surface area contributed by atoms with Crippen molar-refractivity contribution in [2.24, 2.45) is 0 Å². The van der Waals surface area contributed by atoms with Crippen LogP contribution in [0.15, 0.2) is 12.4 Å². The average Bonchev–Trinajstić information content (AvgIpc) is 2.79. The van der Waals surface area contributed by atoms with Gasteiger partial charge in [-0.05, 0) is 26.8 Å². The van der Waals surface area contributed by atoms with Gasteiger partial charge in [-0.2, -0.15) is 15.3 Å². The monoisotopic (exact) mass is 247 g/mol. The summed E-state index contributed by atoms with van der Waals surface area (Å²) in [5.41, 5.74) is 2.34. The number of hydrogen-bond acceptors (Lipinski definition) is 5. The molecule has 0 aromatic carbocycles. The van der Waals surface area contributed by atoms with Crippen LogP contribution in [0.3, 0.4) is 0 Å². The van der Waals surface area contributed by atoms with Crippen LogP contribution in [-0.2, 0) is 13.0 Å². The molecule has 2 heterocycles. The minimum Gasteiger partial charge on any atom is -0.388 e. The molecule has 2 rings (SSSR count). The maximum absolute atomic E-state index is 10.3. The summed E-state index contributed by atoms with van der Waals surface area (Å²) >= 11 is 0. The molecule has 18 heavy (non-hydrogen) atoms. The topological polar surface area (TPSA) is 76.7 Å². The number of aromatic nitrogens is 5. The van der Waals surface area contributed by atoms with E-state index >= 15 is 0 Å². The fraction of sp³-hybridized carbons (Fsp3) is 0.500. The van der Waals surface area contributed by atoms with E-state index < -0.39 is 6.10 Å². The predicted octanol–water partition coefficient (Wildman–Crippen LogP) is 0.981. The van der Waals surface area contributed by atoms with Crippen LogP contribution in [0.25, 0.3) is 0 Å². The molecule has 0 amide bonds. The number of aryl methyl sites for hydroxylation is 3. The summed E-state index contributed by atoms with van der Waals surface area (Å²) in [6.07, 6.45) is 1.31. The van der Waals surface area contributed by atoms with E-state index in [1.165, 1.54) is 6.33 Å². The Labute approximate surface area is 106 Å². The molecular formula is C12H17N5O. The maximum Gasteiger partial charge on any atom is 0.138 e. The molecule has 2 aromatic rings. The Balaban J connectivity index is 2.21. The van der Waals surface area contributed by atoms with Gasteiger partial charge in [0.2, 0.25) is 0 Å². The molecule has 0 fully saturated rings. The SMILES string of the molecule is CCn1ncnc1CC(O)c1cc(C)nnc1C. The first-order valence-electron chi connectivity index (χ1n) is 5.97. The van der Waals surface area contributed by atoms with E-state index in [-0.39, 0.29) is 0 Å². The van der Waals surface area contributed by atoms with Gasteiger partial charge in [0.1, 0.15) is 12.2 Å². The average molecular weight is 247 g/mol. The molecule has 0 saturated carbocycles. The Morgan fingerprint density at radius 3 is 2.83 bits per heavy atom. The third-order valence-corrected chi connectivity index (χ3v) is 2.87. The molecule has 6 heteroatoms. The van der Waals surface area contributed by atoms with E-state index in [4.69, 9.17) is 0 Å². The van der Waals surface area contributed by atoms with Gasteiger partial charge in [-0.25, -0.2) is 4.98 Å². The molecule has 6 nitrogen and oxygen atoms in total. The summed E-state index contributed by atoms with van der Waals surface area (Å²) in [6, 6.07) is 1.86. The first kappa shape index (κ1) is 12.6. The van der Waals surface area contributed by atoms with Gasteiger partial charge in [-0.1, -0.05) is 0 Å². The van der Waals surface area contributed by atoms with Crippen LogP contribution in [0, 0.1) is 13.8 Å². The van der Waals surface area contributed by atoms with Crippen molar-refractivity contribution in [1.29, 1.82) is 0 Å². The number of aliphatic hydroxyl groups excluding tert-OH is 1. The zero-order valence-corrected chi connectivity index (χ0v) is 10.8. The maximum atomic E-state index is 10.3. The third kappa shape index (κ3) is 2.53. The summed E-state index contributed by atoms with van der Waals surface area (Å²) in [5.74, 6) is 0.777. The molecule has 0 spiro atoms. The van der Waals surface area contributed by atoms with E-state index in [1.807, 2.05) is 26.8 Å². The van der Waals surface area contributed by atoms with Gasteiger partial charge < -0.3 is 5.11 Å². The summed E-state index contributed by atoms with van der Waals surface area (Å²) < 4.78 is 1.78. The molecular weight excluding hydrogens is 230 g/mol. The molecule has 96 valence electrons. The van der Waals surface area contributed by atoms with E-state index in [1.54, 1.807) is 4.68 Å². The molecule has 0 bridgehead atoms. The van der Waals surface area contributed by atoms with Crippen molar-refractivity contribution in [3.05, 3.63) is 35.2 Å². The molecule has 1 N–H and O–H groups in total. The molecule has 2 aromatic heterocycles. The van der Waals surface area contributed by atoms with Crippen molar-refractivity contribution in [3.63, 3.8) is 0 Å². The van der Waals surface area contributed by atoms with Crippen molar-refractivity contribution < 1.29 is 5.11 Å². The second-order valence-corrected chi connectivity index (χ2v) is 4.24. The van der Waals surface area contributed by atoms with E-state index in [0.29, 0.717) is 6.42 Å². The molecule has 0 aliphatic heterocycles. The fourth-order valence-electron chi connectivity index (χ4n) is 1.90. The van der Waals surface area contributed by atoms with Crippen molar-refractivity contribution in [2.75, 3.05) is 0 Å². The number of nitrogens with zero attached hydrogens (tertiary/aromatic N) is 5. The Morgan fingerprint density at radius 1 is 1.33 bits per heavy atom. The van der Waals surface area contributed by atoms with Crippen LogP contribution in [0.4, 0.5) is 0 Å². The van der Waals surface area contributed by atoms with Crippen molar-refractivity contribution in [3.8, 4) is 0 Å². The Kier molecular flexibility index (Phi) is 3.66. The lowest BCUT2D eigenvalue weighted by Gasteiger charge is -2.13. The minimum atomic E-state index is -0.631. The number of aliphatic hydroxyl groups is 1. The summed E-state index contributed by atoms with van der Waals surface area (Å²) in [4.78, 5) is 4.16. The normalized spacial score (nSPS) is 12.7. The van der Waals surface area contributed by atoms with Crippen molar-refractivity contribution >= 4 is 0 Å². The second-order valence-electron chi connectivity index (χ2n) is 4.24. The molecule has 1 unspecified atom stereocenters. The number of rotatable bonds is 4. The molecule has 0 radical (unpaired) electrons. The van der Waals surface area contributed by atoms with Crippen molar-refractivity contribution in [2.45, 2.75) is 39.8 Å². The smallest absolute Gasteiger partial charge is 0.138 e. The quantitative estimate of drug-likeness (QED) is 0.871. The highest BCUT2D eigenvalue weighted by molar-refractivity contribution is 5.23. The van der Waals surface area contributed by atoms with Gasteiger partial charge in [0.15, 0.2) is 0 Å². The predicted molar refractivity (Wildman–Crippen MR) is 65.9 cm³/mol. The minimum absolute atomic E-state index is 0.430. The van der Waals surface area contributed by atoms with Crippen LogP contribution in [-0.4, -0.2) is 30.1 Å². The lowest BCUT2D eigenvalue weighted by Crippen LogP contribution is -2.11. The third-order valence-electron chi connectivity index (χ3n) is 2.87. The van der Waals surface area contributed by atoms with Crippen LogP contribution in [0.5, 0.6) is 0 Å². The van der Waals surface area contributed by atoms with E-state index in [0.717, 1.165) is 29.3 Å². The first-order valence-corrected chi connectivity index (χ1v) is 5.97. The lowest BCUT2D eigenvalue weighted by atomic mass is 10.0. The van der Waals surface area contributed by atoms with Gasteiger partial charge >= 0.3 is 0 Å². The van der Waals surface area contributed by atoms with Crippen molar-refractivity contribution in [1.82, 2.24) is 25.0 Å². The molecule has 1 atom stereocenters. The first-order chi connectivity index (χ1) is 8.61. The highest BCUT2D eigenvalue weighted by atomic mass is 16.3. The van der Waals surface area contributed by atoms with Gasteiger partial charge in [0.25, 0.3) is 0 Å². The molecule has 0 saturated heterocycles. The highest BCUT2D eigenvalue weighted by Crippen LogP contribution is 2.19. The van der Waals surface area contributed by atoms with E-state index in [2.05, 4.69) is 20.3 Å². The van der Waals surface area contributed by atoms with Crippen LogP contribution in [0.1, 0.15) is 35.8 Å². The van der Waals surface area contributed by atoms with Crippen LogP contribution >= 0.6 is 0 Å². The Morgan fingerprint density at radius 2 is 2.11 bits per heavy atom. The Bertz CT molecular complexity index is 537. The van der Waals surface area contributed by atoms with E-state index in [9.17, 15) is 5.11 Å².